The topological polar surface area (TPSA) is 58.6 Å². The summed E-state index contributed by atoms with van der Waals surface area (Å²) in [4.78, 5) is 27.7. The highest BCUT2D eigenvalue weighted by atomic mass is 19.4. The van der Waals surface area contributed by atoms with Gasteiger partial charge in [-0.15, -0.1) is 13.2 Å². The number of hydrogen-bond donors (Lipinski definition) is 1. The lowest BCUT2D eigenvalue weighted by atomic mass is 9.93. The lowest BCUT2D eigenvalue weighted by Gasteiger charge is -2.25. The molecule has 0 aliphatic heterocycles. The summed E-state index contributed by atoms with van der Waals surface area (Å²) in [5, 5.41) is 2.77. The van der Waals surface area contributed by atoms with Gasteiger partial charge in [0.2, 0.25) is 11.8 Å². The Morgan fingerprint density at radius 1 is 0.854 bits per heavy atom. The first-order valence-corrected chi connectivity index (χ1v) is 12.9. The van der Waals surface area contributed by atoms with E-state index >= 15 is 0 Å². The van der Waals surface area contributed by atoms with Gasteiger partial charge in [-0.25, -0.2) is 0 Å². The van der Waals surface area contributed by atoms with Gasteiger partial charge >= 0.3 is 12.5 Å². The summed E-state index contributed by atoms with van der Waals surface area (Å²) in [5.74, 6) is -1.95. The zero-order chi connectivity index (χ0) is 29.8. The van der Waals surface area contributed by atoms with Crippen molar-refractivity contribution in [2.45, 2.75) is 44.9 Å². The van der Waals surface area contributed by atoms with Crippen LogP contribution in [0.3, 0.4) is 0 Å². The van der Waals surface area contributed by atoms with Crippen molar-refractivity contribution in [3.63, 3.8) is 0 Å². The van der Waals surface area contributed by atoms with Crippen LogP contribution in [0.5, 0.6) is 5.75 Å². The van der Waals surface area contributed by atoms with Gasteiger partial charge in [0.15, 0.2) is 0 Å². The van der Waals surface area contributed by atoms with E-state index in [2.05, 4.69) is 10.1 Å². The van der Waals surface area contributed by atoms with E-state index in [0.29, 0.717) is 30.4 Å². The lowest BCUT2D eigenvalue weighted by Crippen LogP contribution is -2.40. The largest absolute Gasteiger partial charge is 0.573 e. The van der Waals surface area contributed by atoms with Crippen molar-refractivity contribution in [3.8, 4) is 16.9 Å². The van der Waals surface area contributed by atoms with Gasteiger partial charge in [-0.1, -0.05) is 61.0 Å². The van der Waals surface area contributed by atoms with E-state index in [0.717, 1.165) is 23.8 Å². The minimum atomic E-state index is -4.79. The number of benzene rings is 3. The molecule has 3 aromatic rings. The molecular formula is C30H28F6N2O3. The number of amides is 2. The van der Waals surface area contributed by atoms with E-state index in [1.54, 1.807) is 37.4 Å². The van der Waals surface area contributed by atoms with Crippen molar-refractivity contribution in [3.05, 3.63) is 89.5 Å². The number of carbonyl (C=O) groups is 2. The Morgan fingerprint density at radius 3 is 2.10 bits per heavy atom. The third kappa shape index (κ3) is 7.80. The van der Waals surface area contributed by atoms with Gasteiger partial charge in [-0.2, -0.15) is 13.2 Å². The van der Waals surface area contributed by atoms with Crippen molar-refractivity contribution in [2.24, 2.45) is 11.8 Å². The number of alkyl halides is 6. The van der Waals surface area contributed by atoms with E-state index in [-0.39, 0.29) is 36.2 Å². The van der Waals surface area contributed by atoms with Gasteiger partial charge < -0.3 is 15.0 Å². The standard InChI is InChI=1S/C30H28F6N2O3/c1-38(18-20-9-13-21(14-10-20)23-5-2-3-8-26(23)29(31,32)33)28(40)25-7-4-6-24(25)27(39)37-17-19-11-15-22(16-12-19)41-30(34,35)36/h2-3,5,8-16,24-25H,4,6-7,17-18H2,1H3,(H,37,39)/t24-,25?/m1/s1. The molecule has 0 saturated heterocycles. The maximum Gasteiger partial charge on any atom is 0.573 e. The van der Waals surface area contributed by atoms with Crippen molar-refractivity contribution in [1.82, 2.24) is 10.2 Å². The van der Waals surface area contributed by atoms with Crippen LogP contribution in [0, 0.1) is 11.8 Å². The normalized spacial score (nSPS) is 17.2. The molecule has 1 fully saturated rings. The van der Waals surface area contributed by atoms with Crippen LogP contribution in [0.4, 0.5) is 26.3 Å². The molecule has 1 aliphatic rings. The van der Waals surface area contributed by atoms with E-state index in [1.807, 2.05) is 0 Å². The summed E-state index contributed by atoms with van der Waals surface area (Å²) in [6.45, 7) is 0.305. The van der Waals surface area contributed by atoms with Crippen LogP contribution in [-0.4, -0.2) is 30.1 Å². The zero-order valence-electron chi connectivity index (χ0n) is 22.1. The van der Waals surface area contributed by atoms with Crippen LogP contribution in [0.1, 0.15) is 36.0 Å². The number of nitrogens with one attached hydrogen (secondary N) is 1. The molecule has 1 unspecified atom stereocenters. The number of hydrogen-bond acceptors (Lipinski definition) is 3. The predicted octanol–water partition coefficient (Wildman–Crippen LogP) is 6.96. The molecule has 1 N–H and O–H groups in total. The number of halogens is 6. The number of carbonyl (C=O) groups excluding carboxylic acids is 2. The highest BCUT2D eigenvalue weighted by molar-refractivity contribution is 5.88. The molecule has 5 nitrogen and oxygen atoms in total. The Bertz CT molecular complexity index is 1350. The third-order valence-corrected chi connectivity index (χ3v) is 7.09. The van der Waals surface area contributed by atoms with Gasteiger partial charge in [-0.05, 0) is 53.3 Å². The predicted molar refractivity (Wildman–Crippen MR) is 139 cm³/mol. The summed E-state index contributed by atoms with van der Waals surface area (Å²) >= 11 is 0. The zero-order valence-corrected chi connectivity index (χ0v) is 22.1. The molecule has 41 heavy (non-hydrogen) atoms. The first-order valence-electron chi connectivity index (χ1n) is 12.9. The molecule has 218 valence electrons. The third-order valence-electron chi connectivity index (χ3n) is 7.09. The van der Waals surface area contributed by atoms with Gasteiger partial charge in [-0.3, -0.25) is 9.59 Å². The summed E-state index contributed by atoms with van der Waals surface area (Å²) in [6.07, 6.45) is -7.51. The number of ether oxygens (including phenoxy) is 1. The first-order chi connectivity index (χ1) is 19.3. The minimum absolute atomic E-state index is 0.0707. The van der Waals surface area contributed by atoms with Gasteiger partial charge in [0.25, 0.3) is 0 Å². The fourth-order valence-electron chi connectivity index (χ4n) is 5.11. The maximum absolute atomic E-state index is 13.4. The fourth-order valence-corrected chi connectivity index (χ4v) is 5.11. The second-order valence-electron chi connectivity index (χ2n) is 9.99. The molecule has 0 aromatic heterocycles. The summed E-state index contributed by atoms with van der Waals surface area (Å²) < 4.78 is 81.0. The molecule has 1 saturated carbocycles. The van der Waals surface area contributed by atoms with Crippen LogP contribution in [0.15, 0.2) is 72.8 Å². The van der Waals surface area contributed by atoms with Gasteiger partial charge in [0, 0.05) is 32.0 Å². The Kier molecular flexibility index (Phi) is 8.94. The molecule has 0 spiro atoms. The van der Waals surface area contributed by atoms with E-state index in [1.165, 1.54) is 29.2 Å². The highest BCUT2D eigenvalue weighted by Crippen LogP contribution is 2.37. The SMILES string of the molecule is CN(Cc1ccc(-c2ccccc2C(F)(F)F)cc1)C(=O)C1CCC[C@H]1C(=O)NCc1ccc(OC(F)(F)F)cc1. The Labute approximate surface area is 233 Å². The van der Waals surface area contributed by atoms with Crippen molar-refractivity contribution in [1.29, 1.82) is 0 Å². The Hall–Kier alpha value is -4.02. The van der Waals surface area contributed by atoms with Gasteiger partial charge in [0.1, 0.15) is 5.75 Å². The molecule has 0 heterocycles. The molecule has 4 rings (SSSR count). The second kappa shape index (κ2) is 12.2. The van der Waals surface area contributed by atoms with Crippen LogP contribution >= 0.6 is 0 Å². The molecule has 2 amide bonds. The van der Waals surface area contributed by atoms with E-state index in [9.17, 15) is 35.9 Å². The highest BCUT2D eigenvalue weighted by Gasteiger charge is 2.39. The number of rotatable bonds is 8. The van der Waals surface area contributed by atoms with Crippen LogP contribution in [-0.2, 0) is 28.9 Å². The van der Waals surface area contributed by atoms with Crippen molar-refractivity contribution >= 4 is 11.8 Å². The first kappa shape index (κ1) is 30.0. The van der Waals surface area contributed by atoms with Crippen LogP contribution < -0.4 is 10.1 Å². The maximum atomic E-state index is 13.4. The molecule has 3 aromatic carbocycles. The Balaban J connectivity index is 1.34. The van der Waals surface area contributed by atoms with Crippen molar-refractivity contribution < 1.29 is 40.7 Å². The molecule has 0 radical (unpaired) electrons. The van der Waals surface area contributed by atoms with Crippen LogP contribution in [0.2, 0.25) is 0 Å². The molecule has 2 atom stereocenters. The molecule has 11 heteroatoms. The minimum Gasteiger partial charge on any atom is -0.406 e. The summed E-state index contributed by atoms with van der Waals surface area (Å²) in [5.41, 5.74) is 1.06. The molecule has 1 aliphatic carbocycles. The van der Waals surface area contributed by atoms with E-state index < -0.39 is 29.9 Å². The quantitative estimate of drug-likeness (QED) is 0.294. The van der Waals surface area contributed by atoms with Crippen molar-refractivity contribution in [2.75, 3.05) is 7.05 Å². The molecule has 0 bridgehead atoms. The van der Waals surface area contributed by atoms with E-state index in [4.69, 9.17) is 0 Å². The summed E-state index contributed by atoms with van der Waals surface area (Å²) in [7, 11) is 1.62. The van der Waals surface area contributed by atoms with Gasteiger partial charge in [0.05, 0.1) is 5.56 Å². The monoisotopic (exact) mass is 578 g/mol. The summed E-state index contributed by atoms with van der Waals surface area (Å²) in [6, 6.07) is 17.0. The average Bonchev–Trinajstić information content (AvgIpc) is 3.41. The lowest BCUT2D eigenvalue weighted by molar-refractivity contribution is -0.274. The fraction of sp³-hybridized carbons (Fsp3) is 0.333. The Morgan fingerprint density at radius 2 is 1.46 bits per heavy atom. The number of nitrogens with zero attached hydrogens (tertiary/aromatic N) is 1. The second-order valence-corrected chi connectivity index (χ2v) is 9.99. The average molecular weight is 579 g/mol. The van der Waals surface area contributed by atoms with Crippen LogP contribution in [0.25, 0.3) is 11.1 Å². The molecular weight excluding hydrogens is 550 g/mol. The smallest absolute Gasteiger partial charge is 0.406 e.